The number of hydrogen-bond acceptors (Lipinski definition) is 3. The summed E-state index contributed by atoms with van der Waals surface area (Å²) in [5.41, 5.74) is 7.38. The normalized spacial score (nSPS) is 16.7. The SMILES string of the molecule is COc1ccc(C(CN)N(CCC(C)C)C2CC2)cc1. The van der Waals surface area contributed by atoms with Gasteiger partial charge in [-0.25, -0.2) is 0 Å². The molecule has 2 rings (SSSR count). The molecule has 1 saturated carbocycles. The zero-order valence-electron chi connectivity index (χ0n) is 13.0. The van der Waals surface area contributed by atoms with Gasteiger partial charge in [-0.1, -0.05) is 26.0 Å². The van der Waals surface area contributed by atoms with E-state index in [0.29, 0.717) is 12.6 Å². The molecule has 0 aromatic heterocycles. The molecule has 0 spiro atoms. The molecule has 0 amide bonds. The second-order valence-electron chi connectivity index (χ2n) is 6.18. The maximum atomic E-state index is 6.08. The van der Waals surface area contributed by atoms with Crippen LogP contribution in [0.2, 0.25) is 0 Å². The Morgan fingerprint density at radius 2 is 1.90 bits per heavy atom. The second kappa shape index (κ2) is 7.09. The van der Waals surface area contributed by atoms with E-state index in [2.05, 4.69) is 30.9 Å². The molecule has 0 radical (unpaired) electrons. The molecule has 2 N–H and O–H groups in total. The van der Waals surface area contributed by atoms with Crippen LogP contribution < -0.4 is 10.5 Å². The molecular weight excluding hydrogens is 248 g/mol. The van der Waals surface area contributed by atoms with Crippen molar-refractivity contribution in [2.24, 2.45) is 11.7 Å². The summed E-state index contributed by atoms with van der Waals surface area (Å²) in [5, 5.41) is 0. The first kappa shape index (κ1) is 15.3. The lowest BCUT2D eigenvalue weighted by Crippen LogP contribution is -2.36. The number of rotatable bonds is 8. The molecule has 0 heterocycles. The van der Waals surface area contributed by atoms with Crippen LogP contribution in [0.25, 0.3) is 0 Å². The third-order valence-corrected chi connectivity index (χ3v) is 4.10. The first-order valence-corrected chi connectivity index (χ1v) is 7.75. The van der Waals surface area contributed by atoms with Crippen LogP contribution in [-0.4, -0.2) is 31.1 Å². The Morgan fingerprint density at radius 3 is 2.35 bits per heavy atom. The molecule has 20 heavy (non-hydrogen) atoms. The Morgan fingerprint density at radius 1 is 1.25 bits per heavy atom. The van der Waals surface area contributed by atoms with Crippen molar-refractivity contribution in [3.8, 4) is 5.75 Å². The van der Waals surface area contributed by atoms with Crippen LogP contribution >= 0.6 is 0 Å². The molecule has 3 heteroatoms. The smallest absolute Gasteiger partial charge is 0.118 e. The minimum absolute atomic E-state index is 0.340. The van der Waals surface area contributed by atoms with Crippen LogP contribution in [0.5, 0.6) is 5.75 Å². The predicted octanol–water partition coefficient (Wildman–Crippen LogP) is 3.21. The maximum absolute atomic E-state index is 6.08. The molecule has 1 aromatic carbocycles. The van der Waals surface area contributed by atoms with E-state index >= 15 is 0 Å². The van der Waals surface area contributed by atoms with Gasteiger partial charge < -0.3 is 10.5 Å². The van der Waals surface area contributed by atoms with Crippen LogP contribution in [0.15, 0.2) is 24.3 Å². The summed E-state index contributed by atoms with van der Waals surface area (Å²) in [7, 11) is 1.70. The van der Waals surface area contributed by atoms with Crippen molar-refractivity contribution >= 4 is 0 Å². The van der Waals surface area contributed by atoms with E-state index in [0.717, 1.165) is 24.3 Å². The highest BCUT2D eigenvalue weighted by Crippen LogP contribution is 2.34. The Labute approximate surface area is 123 Å². The van der Waals surface area contributed by atoms with Crippen LogP contribution in [0, 0.1) is 5.92 Å². The predicted molar refractivity (Wildman–Crippen MR) is 84.0 cm³/mol. The Bertz CT molecular complexity index is 398. The molecule has 1 aliphatic rings. The first-order valence-electron chi connectivity index (χ1n) is 7.75. The molecular formula is C17H28N2O. The summed E-state index contributed by atoms with van der Waals surface area (Å²) in [4.78, 5) is 2.61. The van der Waals surface area contributed by atoms with E-state index < -0.39 is 0 Å². The molecule has 1 aromatic rings. The van der Waals surface area contributed by atoms with Gasteiger partial charge >= 0.3 is 0 Å². The highest BCUT2D eigenvalue weighted by Gasteiger charge is 2.33. The Balaban J connectivity index is 2.09. The van der Waals surface area contributed by atoms with Gasteiger partial charge in [0.2, 0.25) is 0 Å². The Kier molecular flexibility index (Phi) is 5.44. The molecule has 0 aliphatic heterocycles. The molecule has 1 unspecified atom stereocenters. The van der Waals surface area contributed by atoms with E-state index in [9.17, 15) is 0 Å². The number of methoxy groups -OCH3 is 1. The van der Waals surface area contributed by atoms with Crippen molar-refractivity contribution in [3.63, 3.8) is 0 Å². The maximum Gasteiger partial charge on any atom is 0.118 e. The lowest BCUT2D eigenvalue weighted by Gasteiger charge is -2.32. The first-order chi connectivity index (χ1) is 9.65. The lowest BCUT2D eigenvalue weighted by molar-refractivity contribution is 0.180. The number of nitrogens with zero attached hydrogens (tertiary/aromatic N) is 1. The third kappa shape index (κ3) is 3.97. The topological polar surface area (TPSA) is 38.5 Å². The van der Waals surface area contributed by atoms with Gasteiger partial charge in [0, 0.05) is 18.6 Å². The molecule has 1 aliphatic carbocycles. The average molecular weight is 276 g/mol. The van der Waals surface area contributed by atoms with Crippen molar-refractivity contribution in [1.29, 1.82) is 0 Å². The molecule has 1 atom stereocenters. The molecule has 3 nitrogen and oxygen atoms in total. The van der Waals surface area contributed by atoms with Gasteiger partial charge in [0.15, 0.2) is 0 Å². The third-order valence-electron chi connectivity index (χ3n) is 4.10. The van der Waals surface area contributed by atoms with E-state index in [1.165, 1.54) is 24.8 Å². The highest BCUT2D eigenvalue weighted by atomic mass is 16.5. The zero-order chi connectivity index (χ0) is 14.5. The minimum Gasteiger partial charge on any atom is -0.497 e. The van der Waals surface area contributed by atoms with Crippen LogP contribution in [0.3, 0.4) is 0 Å². The lowest BCUT2D eigenvalue weighted by atomic mass is 10.0. The number of ether oxygens (including phenoxy) is 1. The van der Waals surface area contributed by atoms with E-state index in [-0.39, 0.29) is 0 Å². The summed E-state index contributed by atoms with van der Waals surface area (Å²) in [6.07, 6.45) is 3.89. The molecule has 0 bridgehead atoms. The number of benzene rings is 1. The van der Waals surface area contributed by atoms with Crippen molar-refractivity contribution in [3.05, 3.63) is 29.8 Å². The molecule has 0 saturated heterocycles. The fourth-order valence-electron chi connectivity index (χ4n) is 2.70. The molecule has 1 fully saturated rings. The van der Waals surface area contributed by atoms with Crippen molar-refractivity contribution < 1.29 is 4.74 Å². The van der Waals surface area contributed by atoms with Crippen molar-refractivity contribution in [2.75, 3.05) is 20.2 Å². The van der Waals surface area contributed by atoms with Crippen molar-refractivity contribution in [2.45, 2.75) is 45.2 Å². The van der Waals surface area contributed by atoms with Gasteiger partial charge in [-0.3, -0.25) is 4.90 Å². The van der Waals surface area contributed by atoms with Gasteiger partial charge in [-0.05, 0) is 49.4 Å². The van der Waals surface area contributed by atoms with E-state index in [1.807, 2.05) is 12.1 Å². The summed E-state index contributed by atoms with van der Waals surface area (Å²) >= 11 is 0. The van der Waals surface area contributed by atoms with Gasteiger partial charge in [0.1, 0.15) is 5.75 Å². The second-order valence-corrected chi connectivity index (χ2v) is 6.18. The number of nitrogens with two attached hydrogens (primary N) is 1. The van der Waals surface area contributed by atoms with Crippen molar-refractivity contribution in [1.82, 2.24) is 4.90 Å². The summed E-state index contributed by atoms with van der Waals surface area (Å²) < 4.78 is 5.24. The standard InChI is InChI=1S/C17H28N2O/c1-13(2)10-11-19(15-6-7-15)17(12-18)14-4-8-16(20-3)9-5-14/h4-5,8-9,13,15,17H,6-7,10-12,18H2,1-3H3. The van der Waals surface area contributed by atoms with Crippen LogP contribution in [0.4, 0.5) is 0 Å². The van der Waals surface area contributed by atoms with Crippen LogP contribution in [0.1, 0.15) is 44.7 Å². The summed E-state index contributed by atoms with van der Waals surface area (Å²) in [5.74, 6) is 1.65. The van der Waals surface area contributed by atoms with Gasteiger partial charge in [0.25, 0.3) is 0 Å². The largest absolute Gasteiger partial charge is 0.497 e. The van der Waals surface area contributed by atoms with Gasteiger partial charge in [-0.2, -0.15) is 0 Å². The fourth-order valence-corrected chi connectivity index (χ4v) is 2.70. The van der Waals surface area contributed by atoms with Gasteiger partial charge in [-0.15, -0.1) is 0 Å². The summed E-state index contributed by atoms with van der Waals surface area (Å²) in [6.45, 7) is 6.41. The average Bonchev–Trinajstić information content (AvgIpc) is 3.28. The van der Waals surface area contributed by atoms with Crippen LogP contribution in [-0.2, 0) is 0 Å². The monoisotopic (exact) mass is 276 g/mol. The molecule has 112 valence electrons. The highest BCUT2D eigenvalue weighted by molar-refractivity contribution is 5.29. The minimum atomic E-state index is 0.340. The Hall–Kier alpha value is -1.06. The van der Waals surface area contributed by atoms with E-state index in [4.69, 9.17) is 10.5 Å². The zero-order valence-corrected chi connectivity index (χ0v) is 13.0. The van der Waals surface area contributed by atoms with Gasteiger partial charge in [0.05, 0.1) is 7.11 Å². The van der Waals surface area contributed by atoms with E-state index in [1.54, 1.807) is 7.11 Å². The quantitative estimate of drug-likeness (QED) is 0.792. The fraction of sp³-hybridized carbons (Fsp3) is 0.647. The summed E-state index contributed by atoms with van der Waals surface area (Å²) in [6, 6.07) is 9.45. The number of hydrogen-bond donors (Lipinski definition) is 1.